The Hall–Kier alpha value is -2.73. The van der Waals surface area contributed by atoms with Crippen molar-refractivity contribution in [2.75, 3.05) is 12.0 Å². The number of halogens is 1. The largest absolute Gasteiger partial charge is 0.490 e. The third kappa shape index (κ3) is 4.46. The topological polar surface area (TPSA) is 61.2 Å². The van der Waals surface area contributed by atoms with Gasteiger partial charge in [-0.25, -0.2) is 4.68 Å². The van der Waals surface area contributed by atoms with Gasteiger partial charge >= 0.3 is 0 Å². The van der Waals surface area contributed by atoms with Crippen LogP contribution in [0.4, 0.5) is 0 Å². The molecule has 136 valence electrons. The molecule has 0 saturated carbocycles. The number of benzene rings is 2. The highest BCUT2D eigenvalue weighted by Gasteiger charge is 2.13. The first-order valence-corrected chi connectivity index (χ1v) is 8.76. The standard InChI is InChI=1S/C19H21ClN4O2/c1-3-25-18-9-15(10-23-24-12-21-22-13-24)8-17(20)19(18)26-11-16-7-5-4-6-14(16)2/h4-9,12-13,23H,3,10-11H2,1-2H3. The Balaban J connectivity index is 1.76. The Morgan fingerprint density at radius 2 is 1.88 bits per heavy atom. The maximum Gasteiger partial charge on any atom is 0.180 e. The van der Waals surface area contributed by atoms with Crippen molar-refractivity contribution in [3.05, 3.63) is 70.8 Å². The maximum absolute atomic E-state index is 6.47. The third-order valence-corrected chi connectivity index (χ3v) is 4.17. The van der Waals surface area contributed by atoms with Crippen LogP contribution in [0.2, 0.25) is 5.02 Å². The minimum absolute atomic E-state index is 0.435. The summed E-state index contributed by atoms with van der Waals surface area (Å²) in [5, 5.41) is 8.02. The third-order valence-electron chi connectivity index (χ3n) is 3.89. The van der Waals surface area contributed by atoms with Crippen molar-refractivity contribution in [1.29, 1.82) is 0 Å². The number of aromatic nitrogens is 3. The lowest BCUT2D eigenvalue weighted by Gasteiger charge is -2.16. The number of rotatable bonds is 8. The van der Waals surface area contributed by atoms with Crippen LogP contribution in [-0.4, -0.2) is 21.5 Å². The Morgan fingerprint density at radius 1 is 1.12 bits per heavy atom. The second-order valence-corrected chi connectivity index (χ2v) is 6.16. The Kier molecular flexibility index (Phi) is 5.96. The van der Waals surface area contributed by atoms with Crippen LogP contribution in [0.3, 0.4) is 0 Å². The monoisotopic (exact) mass is 372 g/mol. The Labute approximate surface area is 157 Å². The van der Waals surface area contributed by atoms with Crippen LogP contribution in [0.15, 0.2) is 49.1 Å². The molecule has 6 nitrogen and oxygen atoms in total. The molecule has 0 aliphatic carbocycles. The molecule has 1 heterocycles. The number of hydrogen-bond donors (Lipinski definition) is 1. The number of ether oxygens (including phenoxy) is 2. The lowest BCUT2D eigenvalue weighted by Crippen LogP contribution is -2.12. The van der Waals surface area contributed by atoms with E-state index in [2.05, 4.69) is 28.6 Å². The summed E-state index contributed by atoms with van der Waals surface area (Å²) in [6, 6.07) is 11.9. The first-order chi connectivity index (χ1) is 12.7. The molecule has 3 aromatic rings. The summed E-state index contributed by atoms with van der Waals surface area (Å²) in [5.41, 5.74) is 6.42. The van der Waals surface area contributed by atoms with Gasteiger partial charge in [0.2, 0.25) is 0 Å². The molecule has 1 N–H and O–H groups in total. The van der Waals surface area contributed by atoms with Gasteiger partial charge in [0.25, 0.3) is 0 Å². The van der Waals surface area contributed by atoms with Crippen molar-refractivity contribution in [1.82, 2.24) is 14.9 Å². The molecule has 0 amide bonds. The lowest BCUT2D eigenvalue weighted by atomic mass is 10.1. The fraction of sp³-hybridized carbons (Fsp3) is 0.263. The zero-order valence-electron chi connectivity index (χ0n) is 14.8. The molecular formula is C19H21ClN4O2. The quantitative estimate of drug-likeness (QED) is 0.648. The smallest absolute Gasteiger partial charge is 0.180 e. The van der Waals surface area contributed by atoms with E-state index in [1.54, 1.807) is 17.3 Å². The van der Waals surface area contributed by atoms with Gasteiger partial charge in [0.05, 0.1) is 18.2 Å². The van der Waals surface area contributed by atoms with E-state index >= 15 is 0 Å². The molecular weight excluding hydrogens is 352 g/mol. The van der Waals surface area contributed by atoms with Crippen molar-refractivity contribution in [2.24, 2.45) is 0 Å². The van der Waals surface area contributed by atoms with Crippen molar-refractivity contribution < 1.29 is 9.47 Å². The van der Waals surface area contributed by atoms with Crippen LogP contribution < -0.4 is 14.9 Å². The van der Waals surface area contributed by atoms with Gasteiger partial charge in [-0.3, -0.25) is 0 Å². The molecule has 0 radical (unpaired) electrons. The summed E-state index contributed by atoms with van der Waals surface area (Å²) in [6.45, 7) is 5.50. The second kappa shape index (κ2) is 8.58. The van der Waals surface area contributed by atoms with Crippen LogP contribution in [-0.2, 0) is 13.2 Å². The Bertz CT molecular complexity index is 853. The second-order valence-electron chi connectivity index (χ2n) is 5.76. The zero-order valence-corrected chi connectivity index (χ0v) is 15.5. The normalized spacial score (nSPS) is 10.6. The molecule has 26 heavy (non-hydrogen) atoms. The van der Waals surface area contributed by atoms with Crippen molar-refractivity contribution in [3.63, 3.8) is 0 Å². The average Bonchev–Trinajstić information content (AvgIpc) is 3.14. The van der Waals surface area contributed by atoms with Gasteiger partial charge in [0, 0.05) is 0 Å². The fourth-order valence-corrected chi connectivity index (χ4v) is 2.80. The highest BCUT2D eigenvalue weighted by Crippen LogP contribution is 2.37. The molecule has 1 aromatic heterocycles. The van der Waals surface area contributed by atoms with E-state index in [0.717, 1.165) is 11.1 Å². The van der Waals surface area contributed by atoms with Gasteiger partial charge in [0.1, 0.15) is 19.3 Å². The van der Waals surface area contributed by atoms with Crippen LogP contribution in [0.1, 0.15) is 23.6 Å². The molecule has 0 bridgehead atoms. The van der Waals surface area contributed by atoms with E-state index < -0.39 is 0 Å². The molecule has 0 aliphatic heterocycles. The Morgan fingerprint density at radius 3 is 2.62 bits per heavy atom. The van der Waals surface area contributed by atoms with E-state index in [-0.39, 0.29) is 0 Å². The predicted molar refractivity (Wildman–Crippen MR) is 101 cm³/mol. The summed E-state index contributed by atoms with van der Waals surface area (Å²) in [7, 11) is 0. The van der Waals surface area contributed by atoms with Crippen LogP contribution in [0.5, 0.6) is 11.5 Å². The molecule has 0 aliphatic rings. The number of aryl methyl sites for hydroxylation is 1. The molecule has 0 spiro atoms. The lowest BCUT2D eigenvalue weighted by molar-refractivity contribution is 0.269. The SMILES string of the molecule is CCOc1cc(CNn2cnnc2)cc(Cl)c1OCc1ccccc1C. The minimum atomic E-state index is 0.435. The van der Waals surface area contributed by atoms with Crippen LogP contribution >= 0.6 is 11.6 Å². The van der Waals surface area contributed by atoms with Crippen LogP contribution in [0.25, 0.3) is 0 Å². The average molecular weight is 373 g/mol. The van der Waals surface area contributed by atoms with Gasteiger partial charge in [-0.2, -0.15) is 0 Å². The molecule has 0 atom stereocenters. The van der Waals surface area contributed by atoms with E-state index in [1.807, 2.05) is 37.3 Å². The summed E-state index contributed by atoms with van der Waals surface area (Å²) >= 11 is 6.47. The van der Waals surface area contributed by atoms with Gasteiger partial charge in [-0.05, 0) is 42.7 Å². The summed E-state index contributed by atoms with van der Waals surface area (Å²) < 4.78 is 13.4. The summed E-state index contributed by atoms with van der Waals surface area (Å²) in [6.07, 6.45) is 3.18. The van der Waals surface area contributed by atoms with Crippen molar-refractivity contribution in [3.8, 4) is 11.5 Å². The van der Waals surface area contributed by atoms with Crippen molar-refractivity contribution >= 4 is 11.6 Å². The summed E-state index contributed by atoms with van der Waals surface area (Å²) in [4.78, 5) is 0. The minimum Gasteiger partial charge on any atom is -0.490 e. The summed E-state index contributed by atoms with van der Waals surface area (Å²) in [5.74, 6) is 1.19. The zero-order chi connectivity index (χ0) is 18.4. The number of nitrogens with one attached hydrogen (secondary N) is 1. The molecule has 3 rings (SSSR count). The number of nitrogens with zero attached hydrogens (tertiary/aromatic N) is 3. The predicted octanol–water partition coefficient (Wildman–Crippen LogP) is 3.96. The van der Waals surface area contributed by atoms with Gasteiger partial charge in [-0.1, -0.05) is 35.9 Å². The highest BCUT2D eigenvalue weighted by molar-refractivity contribution is 6.32. The molecule has 7 heteroatoms. The molecule has 2 aromatic carbocycles. The van der Waals surface area contributed by atoms with E-state index in [9.17, 15) is 0 Å². The van der Waals surface area contributed by atoms with Gasteiger partial charge < -0.3 is 14.9 Å². The number of hydrogen-bond acceptors (Lipinski definition) is 5. The van der Waals surface area contributed by atoms with Crippen LogP contribution in [0, 0.1) is 6.92 Å². The molecule has 0 fully saturated rings. The van der Waals surface area contributed by atoms with E-state index in [0.29, 0.717) is 36.3 Å². The van der Waals surface area contributed by atoms with E-state index in [4.69, 9.17) is 21.1 Å². The fourth-order valence-electron chi connectivity index (χ4n) is 2.51. The first-order valence-electron chi connectivity index (χ1n) is 8.38. The maximum atomic E-state index is 6.47. The van der Waals surface area contributed by atoms with Crippen molar-refractivity contribution in [2.45, 2.75) is 27.0 Å². The first kappa shape index (κ1) is 18.1. The van der Waals surface area contributed by atoms with Gasteiger partial charge in [0.15, 0.2) is 11.5 Å². The molecule has 0 unspecified atom stereocenters. The molecule has 0 saturated heterocycles. The van der Waals surface area contributed by atoms with E-state index in [1.165, 1.54) is 5.56 Å². The highest BCUT2D eigenvalue weighted by atomic mass is 35.5. The van der Waals surface area contributed by atoms with Gasteiger partial charge in [-0.15, -0.1) is 10.2 Å².